The van der Waals surface area contributed by atoms with Gasteiger partial charge in [-0.15, -0.1) is 0 Å². The lowest BCUT2D eigenvalue weighted by Crippen LogP contribution is -2.34. The number of carbonyl (C=O) groups excluding carboxylic acids is 2. The van der Waals surface area contributed by atoms with E-state index in [-0.39, 0.29) is 4.90 Å². The first kappa shape index (κ1) is 17.1. The Balaban J connectivity index is 2.38. The van der Waals surface area contributed by atoms with E-state index < -0.39 is 35.1 Å². The van der Waals surface area contributed by atoms with Gasteiger partial charge in [-0.2, -0.15) is 4.72 Å². The van der Waals surface area contributed by atoms with Gasteiger partial charge in [0, 0.05) is 6.54 Å². The maximum Gasteiger partial charge on any atom is 0.321 e. The number of benzene rings is 1. The summed E-state index contributed by atoms with van der Waals surface area (Å²) in [5.74, 6) is -1.24. The zero-order chi connectivity index (χ0) is 15.7. The third-order valence-electron chi connectivity index (χ3n) is 2.40. The number of hydrogen-bond donors (Lipinski definition) is 2. The fourth-order valence-corrected chi connectivity index (χ4v) is 2.34. The second kappa shape index (κ2) is 8.38. The maximum atomic E-state index is 11.8. The van der Waals surface area contributed by atoms with E-state index in [1.54, 1.807) is 18.2 Å². The molecule has 0 atom stereocenters. The fraction of sp³-hybridized carbons (Fsp3) is 0.385. The van der Waals surface area contributed by atoms with Crippen LogP contribution in [0.2, 0.25) is 0 Å². The Morgan fingerprint density at radius 2 is 1.86 bits per heavy atom. The summed E-state index contributed by atoms with van der Waals surface area (Å²) in [7, 11) is -3.76. The molecule has 1 aromatic rings. The predicted molar refractivity (Wildman–Crippen MR) is 75.9 cm³/mol. The second-order valence-electron chi connectivity index (χ2n) is 4.15. The third kappa shape index (κ3) is 6.37. The number of hydrogen-bond acceptors (Lipinski definition) is 5. The molecule has 7 nitrogen and oxygen atoms in total. The van der Waals surface area contributed by atoms with Crippen LogP contribution >= 0.6 is 0 Å². The van der Waals surface area contributed by atoms with Gasteiger partial charge < -0.3 is 10.1 Å². The van der Waals surface area contributed by atoms with E-state index >= 15 is 0 Å². The average molecular weight is 314 g/mol. The summed E-state index contributed by atoms with van der Waals surface area (Å²) < 4.78 is 30.4. The monoisotopic (exact) mass is 314 g/mol. The van der Waals surface area contributed by atoms with Crippen molar-refractivity contribution in [1.82, 2.24) is 10.0 Å². The van der Waals surface area contributed by atoms with Crippen LogP contribution in [0.4, 0.5) is 0 Å². The Morgan fingerprint density at radius 3 is 2.48 bits per heavy atom. The molecular weight excluding hydrogens is 296 g/mol. The highest BCUT2D eigenvalue weighted by molar-refractivity contribution is 7.89. The molecule has 1 amide bonds. The number of carbonyl (C=O) groups is 2. The quantitative estimate of drug-likeness (QED) is 0.659. The summed E-state index contributed by atoms with van der Waals surface area (Å²) in [6, 6.07) is 7.65. The number of ether oxygens (including phenoxy) is 1. The number of nitrogens with one attached hydrogen (secondary N) is 2. The summed E-state index contributed by atoms with van der Waals surface area (Å²) in [5, 5.41) is 2.53. The van der Waals surface area contributed by atoms with E-state index in [4.69, 9.17) is 0 Å². The molecule has 0 aliphatic heterocycles. The van der Waals surface area contributed by atoms with E-state index in [1.807, 2.05) is 6.92 Å². The van der Waals surface area contributed by atoms with Crippen molar-refractivity contribution in [1.29, 1.82) is 0 Å². The topological polar surface area (TPSA) is 102 Å². The minimum atomic E-state index is -3.76. The summed E-state index contributed by atoms with van der Waals surface area (Å²) in [4.78, 5) is 22.6. The van der Waals surface area contributed by atoms with Crippen molar-refractivity contribution in [3.05, 3.63) is 30.3 Å². The van der Waals surface area contributed by atoms with Gasteiger partial charge in [-0.3, -0.25) is 9.59 Å². The van der Waals surface area contributed by atoms with Crippen LogP contribution in [0.25, 0.3) is 0 Å². The Hall–Kier alpha value is -1.93. The molecule has 2 N–H and O–H groups in total. The molecule has 0 unspecified atom stereocenters. The van der Waals surface area contributed by atoms with Crippen LogP contribution in [0.15, 0.2) is 35.2 Å². The lowest BCUT2D eigenvalue weighted by molar-refractivity contribution is -0.147. The smallest absolute Gasteiger partial charge is 0.321 e. The summed E-state index contributed by atoms with van der Waals surface area (Å²) >= 11 is 0. The Kier molecular flexibility index (Phi) is 6.83. The van der Waals surface area contributed by atoms with Gasteiger partial charge in [0.25, 0.3) is 5.91 Å². The predicted octanol–water partition coefficient (Wildman–Crippen LogP) is 0.0343. The van der Waals surface area contributed by atoms with Gasteiger partial charge in [-0.1, -0.05) is 25.1 Å². The second-order valence-corrected chi connectivity index (χ2v) is 5.92. The average Bonchev–Trinajstić information content (AvgIpc) is 2.49. The molecule has 0 radical (unpaired) electrons. The summed E-state index contributed by atoms with van der Waals surface area (Å²) in [6.07, 6.45) is 0.774. The van der Waals surface area contributed by atoms with Gasteiger partial charge in [0.15, 0.2) is 6.61 Å². The standard InChI is InChI=1S/C13H18N2O5S/c1-2-8-14-12(16)10-20-13(17)9-15-21(18,19)11-6-4-3-5-7-11/h3-7,15H,2,8-10H2,1H3,(H,14,16). The molecule has 1 rings (SSSR count). The summed E-state index contributed by atoms with van der Waals surface area (Å²) in [6.45, 7) is 1.44. The van der Waals surface area contributed by atoms with E-state index in [2.05, 4.69) is 14.8 Å². The van der Waals surface area contributed by atoms with Crippen LogP contribution in [0.1, 0.15) is 13.3 Å². The van der Waals surface area contributed by atoms with Gasteiger partial charge in [-0.25, -0.2) is 8.42 Å². The van der Waals surface area contributed by atoms with Crippen LogP contribution < -0.4 is 10.0 Å². The molecule has 0 fully saturated rings. The highest BCUT2D eigenvalue weighted by Crippen LogP contribution is 2.06. The molecule has 0 aliphatic carbocycles. The van der Waals surface area contributed by atoms with Gasteiger partial charge in [0.05, 0.1) is 4.90 Å². The highest BCUT2D eigenvalue weighted by atomic mass is 32.2. The number of rotatable bonds is 8. The molecular formula is C13H18N2O5S. The van der Waals surface area contributed by atoms with Crippen molar-refractivity contribution >= 4 is 21.9 Å². The Morgan fingerprint density at radius 1 is 1.19 bits per heavy atom. The van der Waals surface area contributed by atoms with Crippen molar-refractivity contribution in [2.45, 2.75) is 18.2 Å². The zero-order valence-electron chi connectivity index (χ0n) is 11.7. The van der Waals surface area contributed by atoms with Crippen molar-refractivity contribution in [3.63, 3.8) is 0 Å². The minimum Gasteiger partial charge on any atom is -0.455 e. The van der Waals surface area contributed by atoms with Crippen molar-refractivity contribution in [2.24, 2.45) is 0 Å². The molecule has 8 heteroatoms. The van der Waals surface area contributed by atoms with Crippen LogP contribution in [0.3, 0.4) is 0 Å². The van der Waals surface area contributed by atoms with Gasteiger partial charge in [0.2, 0.25) is 10.0 Å². The highest BCUT2D eigenvalue weighted by Gasteiger charge is 2.15. The van der Waals surface area contributed by atoms with E-state index in [9.17, 15) is 18.0 Å². The van der Waals surface area contributed by atoms with Crippen molar-refractivity contribution < 1.29 is 22.7 Å². The molecule has 0 saturated heterocycles. The SMILES string of the molecule is CCCNC(=O)COC(=O)CNS(=O)(=O)c1ccccc1. The molecule has 0 aromatic heterocycles. The Labute approximate surface area is 123 Å². The van der Waals surface area contributed by atoms with Crippen molar-refractivity contribution in [2.75, 3.05) is 19.7 Å². The minimum absolute atomic E-state index is 0.0542. The van der Waals surface area contributed by atoms with E-state index in [1.165, 1.54) is 12.1 Å². The van der Waals surface area contributed by atoms with Crippen LogP contribution in [0, 0.1) is 0 Å². The molecule has 0 saturated carbocycles. The van der Waals surface area contributed by atoms with Crippen LogP contribution in [-0.2, 0) is 24.3 Å². The first-order valence-corrected chi connectivity index (χ1v) is 7.91. The molecule has 0 aliphatic rings. The molecule has 21 heavy (non-hydrogen) atoms. The molecule has 116 valence electrons. The van der Waals surface area contributed by atoms with Crippen LogP contribution in [0.5, 0.6) is 0 Å². The van der Waals surface area contributed by atoms with Gasteiger partial charge >= 0.3 is 5.97 Å². The number of sulfonamides is 1. The van der Waals surface area contributed by atoms with Crippen LogP contribution in [-0.4, -0.2) is 40.0 Å². The molecule has 0 spiro atoms. The van der Waals surface area contributed by atoms with E-state index in [0.717, 1.165) is 6.42 Å². The first-order valence-electron chi connectivity index (χ1n) is 6.42. The molecule has 0 heterocycles. The summed E-state index contributed by atoms with van der Waals surface area (Å²) in [5.41, 5.74) is 0. The van der Waals surface area contributed by atoms with Gasteiger partial charge in [-0.05, 0) is 18.6 Å². The number of amides is 1. The maximum absolute atomic E-state index is 11.8. The fourth-order valence-electron chi connectivity index (χ4n) is 1.35. The van der Waals surface area contributed by atoms with Crippen molar-refractivity contribution in [3.8, 4) is 0 Å². The lowest BCUT2D eigenvalue weighted by Gasteiger charge is -2.07. The zero-order valence-corrected chi connectivity index (χ0v) is 12.5. The van der Waals surface area contributed by atoms with E-state index in [0.29, 0.717) is 6.54 Å². The van der Waals surface area contributed by atoms with Gasteiger partial charge in [0.1, 0.15) is 6.54 Å². The first-order chi connectivity index (χ1) is 9.95. The molecule has 0 bridgehead atoms. The Bertz CT molecular complexity index is 571. The number of esters is 1. The largest absolute Gasteiger partial charge is 0.455 e. The molecule has 1 aromatic carbocycles. The lowest BCUT2D eigenvalue weighted by atomic mass is 10.4. The third-order valence-corrected chi connectivity index (χ3v) is 3.81. The normalized spacial score (nSPS) is 10.9.